The van der Waals surface area contributed by atoms with E-state index in [0.29, 0.717) is 17.9 Å². The van der Waals surface area contributed by atoms with Gasteiger partial charge in [-0.05, 0) is 24.6 Å². The van der Waals surface area contributed by atoms with Crippen molar-refractivity contribution in [2.24, 2.45) is 0 Å². The van der Waals surface area contributed by atoms with E-state index >= 15 is 0 Å². The summed E-state index contributed by atoms with van der Waals surface area (Å²) in [5, 5.41) is 2.78. The molecule has 4 heteroatoms. The number of para-hydroxylation sites is 1. The van der Waals surface area contributed by atoms with Gasteiger partial charge in [0.2, 0.25) is 5.91 Å². The Bertz CT molecular complexity index is 665. The van der Waals surface area contributed by atoms with Crippen molar-refractivity contribution >= 4 is 17.6 Å². The zero-order chi connectivity index (χ0) is 15.2. The van der Waals surface area contributed by atoms with Gasteiger partial charge in [0.05, 0.1) is 12.2 Å². The lowest BCUT2D eigenvalue weighted by atomic mass is 9.98. The van der Waals surface area contributed by atoms with Crippen molar-refractivity contribution in [3.63, 3.8) is 0 Å². The second kappa shape index (κ2) is 6.70. The number of anilines is 1. The smallest absolute Gasteiger partial charge is 0.338 e. The Hall–Kier alpha value is -2.62. The predicted octanol–water partition coefficient (Wildman–Crippen LogP) is 3.49. The number of amides is 1. The van der Waals surface area contributed by atoms with Gasteiger partial charge in [-0.15, -0.1) is 0 Å². The molecule has 0 spiro atoms. The Kier molecular flexibility index (Phi) is 4.72. The zero-order valence-electron chi connectivity index (χ0n) is 12.1. The molecule has 0 radical (unpaired) electrons. The number of benzene rings is 2. The van der Waals surface area contributed by atoms with Gasteiger partial charge in [0.1, 0.15) is 0 Å². The van der Waals surface area contributed by atoms with Crippen LogP contribution in [0.5, 0.6) is 0 Å². The largest absolute Gasteiger partial charge is 0.462 e. The van der Waals surface area contributed by atoms with Crippen LogP contribution in [0, 0.1) is 0 Å². The van der Waals surface area contributed by atoms with Crippen molar-refractivity contribution < 1.29 is 14.3 Å². The van der Waals surface area contributed by atoms with Gasteiger partial charge in [0.25, 0.3) is 0 Å². The number of carbonyl (C=O) groups is 2. The summed E-state index contributed by atoms with van der Waals surface area (Å²) in [5.41, 5.74) is 2.68. The molecule has 0 aliphatic heterocycles. The SMILES string of the molecule is CCOC(=O)c1ccccc1-c1ccccc1NC(C)=O. The van der Waals surface area contributed by atoms with E-state index in [2.05, 4.69) is 5.32 Å². The van der Waals surface area contributed by atoms with Gasteiger partial charge in [-0.2, -0.15) is 0 Å². The summed E-state index contributed by atoms with van der Waals surface area (Å²) in [6.07, 6.45) is 0. The first-order valence-electron chi connectivity index (χ1n) is 6.76. The lowest BCUT2D eigenvalue weighted by Gasteiger charge is -2.13. The third-order valence-electron chi connectivity index (χ3n) is 2.95. The average molecular weight is 283 g/mol. The quantitative estimate of drug-likeness (QED) is 0.874. The molecule has 0 aliphatic rings. The zero-order valence-corrected chi connectivity index (χ0v) is 12.1. The maximum atomic E-state index is 12.1. The third kappa shape index (κ3) is 3.48. The van der Waals surface area contributed by atoms with Gasteiger partial charge in [-0.1, -0.05) is 36.4 Å². The highest BCUT2D eigenvalue weighted by Gasteiger charge is 2.15. The first kappa shape index (κ1) is 14.8. The molecule has 0 aromatic heterocycles. The molecule has 4 nitrogen and oxygen atoms in total. The fourth-order valence-electron chi connectivity index (χ4n) is 2.12. The Morgan fingerprint density at radius 3 is 2.29 bits per heavy atom. The summed E-state index contributed by atoms with van der Waals surface area (Å²) in [6, 6.07) is 14.6. The molecule has 108 valence electrons. The molecule has 0 atom stereocenters. The maximum Gasteiger partial charge on any atom is 0.338 e. The van der Waals surface area contributed by atoms with E-state index < -0.39 is 0 Å². The van der Waals surface area contributed by atoms with Crippen LogP contribution in [0.4, 0.5) is 5.69 Å². The molecule has 1 N–H and O–H groups in total. The minimum atomic E-state index is -0.370. The molecule has 21 heavy (non-hydrogen) atoms. The van der Waals surface area contributed by atoms with Crippen LogP contribution in [0.3, 0.4) is 0 Å². The molecule has 0 saturated heterocycles. The molecule has 0 unspecified atom stereocenters. The summed E-state index contributed by atoms with van der Waals surface area (Å²) < 4.78 is 5.08. The first-order chi connectivity index (χ1) is 10.1. The lowest BCUT2D eigenvalue weighted by Crippen LogP contribution is -2.09. The van der Waals surface area contributed by atoms with Crippen LogP contribution in [0.2, 0.25) is 0 Å². The molecule has 0 bridgehead atoms. The van der Waals surface area contributed by atoms with Crippen molar-refractivity contribution in [2.45, 2.75) is 13.8 Å². The number of esters is 1. The minimum Gasteiger partial charge on any atom is -0.462 e. The first-order valence-corrected chi connectivity index (χ1v) is 6.76. The van der Waals surface area contributed by atoms with Crippen LogP contribution in [0.25, 0.3) is 11.1 Å². The molecule has 2 rings (SSSR count). The maximum absolute atomic E-state index is 12.1. The number of hydrogen-bond acceptors (Lipinski definition) is 3. The standard InChI is InChI=1S/C17H17NO3/c1-3-21-17(20)15-10-5-4-8-13(15)14-9-6-7-11-16(14)18-12(2)19/h4-11H,3H2,1-2H3,(H,18,19). The van der Waals surface area contributed by atoms with Gasteiger partial charge < -0.3 is 10.1 Å². The van der Waals surface area contributed by atoms with Crippen LogP contribution < -0.4 is 5.32 Å². The summed E-state index contributed by atoms with van der Waals surface area (Å²) in [5.74, 6) is -0.526. The number of carbonyl (C=O) groups excluding carboxylic acids is 2. The number of ether oxygens (including phenoxy) is 1. The highest BCUT2D eigenvalue weighted by atomic mass is 16.5. The van der Waals surface area contributed by atoms with E-state index in [9.17, 15) is 9.59 Å². The summed E-state index contributed by atoms with van der Waals surface area (Å²) in [4.78, 5) is 23.4. The fraction of sp³-hybridized carbons (Fsp3) is 0.176. The van der Waals surface area contributed by atoms with Gasteiger partial charge >= 0.3 is 5.97 Å². The lowest BCUT2D eigenvalue weighted by molar-refractivity contribution is -0.114. The molecule has 2 aromatic rings. The van der Waals surface area contributed by atoms with Gasteiger partial charge in [0, 0.05) is 18.2 Å². The second-order valence-electron chi connectivity index (χ2n) is 4.49. The highest BCUT2D eigenvalue weighted by Crippen LogP contribution is 2.31. The van der Waals surface area contributed by atoms with E-state index in [-0.39, 0.29) is 11.9 Å². The molecular formula is C17H17NO3. The predicted molar refractivity (Wildman–Crippen MR) is 82.1 cm³/mol. The summed E-state index contributed by atoms with van der Waals surface area (Å²) in [6.45, 7) is 3.54. The molecule has 0 fully saturated rings. The van der Waals surface area contributed by atoms with Crippen LogP contribution in [0.15, 0.2) is 48.5 Å². The molecule has 0 heterocycles. The third-order valence-corrected chi connectivity index (χ3v) is 2.95. The second-order valence-corrected chi connectivity index (χ2v) is 4.49. The van der Waals surface area contributed by atoms with E-state index in [1.807, 2.05) is 30.3 Å². The van der Waals surface area contributed by atoms with E-state index in [4.69, 9.17) is 4.74 Å². The number of nitrogens with one attached hydrogen (secondary N) is 1. The van der Waals surface area contributed by atoms with Crippen molar-refractivity contribution in [3.05, 3.63) is 54.1 Å². The van der Waals surface area contributed by atoms with Crippen molar-refractivity contribution in [1.29, 1.82) is 0 Å². The number of hydrogen-bond donors (Lipinski definition) is 1. The van der Waals surface area contributed by atoms with Crippen LogP contribution in [0.1, 0.15) is 24.2 Å². The minimum absolute atomic E-state index is 0.156. The number of rotatable bonds is 4. The van der Waals surface area contributed by atoms with Crippen LogP contribution in [-0.4, -0.2) is 18.5 Å². The Labute approximate surface area is 123 Å². The molecular weight excluding hydrogens is 266 g/mol. The van der Waals surface area contributed by atoms with E-state index in [1.165, 1.54) is 6.92 Å². The average Bonchev–Trinajstić information content (AvgIpc) is 2.47. The Balaban J connectivity index is 2.52. The van der Waals surface area contributed by atoms with E-state index in [0.717, 1.165) is 11.1 Å². The van der Waals surface area contributed by atoms with Gasteiger partial charge in [-0.3, -0.25) is 4.79 Å². The fourth-order valence-corrected chi connectivity index (χ4v) is 2.12. The van der Waals surface area contributed by atoms with Crippen LogP contribution in [-0.2, 0) is 9.53 Å². The molecule has 2 aromatic carbocycles. The Morgan fingerprint density at radius 2 is 1.62 bits per heavy atom. The molecule has 0 aliphatic carbocycles. The monoisotopic (exact) mass is 283 g/mol. The summed E-state index contributed by atoms with van der Waals surface area (Å²) in [7, 11) is 0. The van der Waals surface area contributed by atoms with Gasteiger partial charge in [0.15, 0.2) is 0 Å². The van der Waals surface area contributed by atoms with Gasteiger partial charge in [-0.25, -0.2) is 4.79 Å². The Morgan fingerprint density at radius 1 is 1.00 bits per heavy atom. The topological polar surface area (TPSA) is 55.4 Å². The molecule has 0 saturated carbocycles. The van der Waals surface area contributed by atoms with E-state index in [1.54, 1.807) is 25.1 Å². The highest BCUT2D eigenvalue weighted by molar-refractivity contribution is 6.01. The normalized spacial score (nSPS) is 10.0. The van der Waals surface area contributed by atoms with Crippen molar-refractivity contribution in [1.82, 2.24) is 0 Å². The van der Waals surface area contributed by atoms with Crippen molar-refractivity contribution in [2.75, 3.05) is 11.9 Å². The van der Waals surface area contributed by atoms with Crippen LogP contribution >= 0.6 is 0 Å². The van der Waals surface area contributed by atoms with Crippen molar-refractivity contribution in [3.8, 4) is 11.1 Å². The molecule has 1 amide bonds. The summed E-state index contributed by atoms with van der Waals surface area (Å²) >= 11 is 0.